The molecule has 0 aliphatic carbocycles. The standard InChI is InChI=1S/C32H58O5Si2/c1-27(24-29(33)20-16-17-22-36-38(9,10)30(2,3)4)32(8,21-23-37-39(11,12)31(5,6)7)35-26-34-25-28-18-14-13-15-19-28/h13-15,18-19,24H,16-17,20-23,25-26H2,1-12H3/b27-24+. The topological polar surface area (TPSA) is 54.0 Å². The molecule has 0 amide bonds. The van der Waals surface area contributed by atoms with Crippen molar-refractivity contribution in [3.05, 3.63) is 47.5 Å². The van der Waals surface area contributed by atoms with Crippen molar-refractivity contribution in [1.82, 2.24) is 0 Å². The predicted octanol–water partition coefficient (Wildman–Crippen LogP) is 9.06. The van der Waals surface area contributed by atoms with Crippen LogP contribution in [0.2, 0.25) is 36.3 Å². The van der Waals surface area contributed by atoms with Crippen molar-refractivity contribution >= 4 is 22.4 Å². The van der Waals surface area contributed by atoms with Crippen molar-refractivity contribution < 1.29 is 23.1 Å². The second kappa shape index (κ2) is 15.2. The van der Waals surface area contributed by atoms with Gasteiger partial charge in [-0.05, 0) is 80.2 Å². The zero-order valence-electron chi connectivity index (χ0n) is 27.2. The minimum atomic E-state index is -1.89. The Bertz CT molecular complexity index is 897. The summed E-state index contributed by atoms with van der Waals surface area (Å²) in [4.78, 5) is 12.9. The maximum Gasteiger partial charge on any atom is 0.191 e. The summed E-state index contributed by atoms with van der Waals surface area (Å²) < 4.78 is 24.9. The van der Waals surface area contributed by atoms with Gasteiger partial charge in [0.25, 0.3) is 0 Å². The predicted molar refractivity (Wildman–Crippen MR) is 169 cm³/mol. The molecule has 0 aliphatic heterocycles. The minimum Gasteiger partial charge on any atom is -0.417 e. The Labute approximate surface area is 242 Å². The van der Waals surface area contributed by atoms with Gasteiger partial charge >= 0.3 is 0 Å². The molecule has 0 aromatic heterocycles. The maximum absolute atomic E-state index is 12.9. The maximum atomic E-state index is 12.9. The highest BCUT2D eigenvalue weighted by atomic mass is 28.4. The average molecular weight is 579 g/mol. The molecule has 1 aromatic carbocycles. The Morgan fingerprint density at radius 3 is 1.90 bits per heavy atom. The number of hydrogen-bond donors (Lipinski definition) is 0. The Hall–Kier alpha value is -1.10. The number of carbonyl (C=O) groups excluding carboxylic acids is 1. The summed E-state index contributed by atoms with van der Waals surface area (Å²) in [6.45, 7) is 28.5. The zero-order valence-corrected chi connectivity index (χ0v) is 29.2. The molecule has 0 heterocycles. The van der Waals surface area contributed by atoms with Gasteiger partial charge in [-0.25, -0.2) is 0 Å². The lowest BCUT2D eigenvalue weighted by atomic mass is 9.92. The zero-order chi connectivity index (χ0) is 30.0. The van der Waals surface area contributed by atoms with Crippen LogP contribution in [0.15, 0.2) is 42.0 Å². The second-order valence-electron chi connectivity index (χ2n) is 14.0. The SMILES string of the molecule is C/C(=C\C(=O)CCCCO[Si](C)(C)C(C)(C)C)C(C)(CCO[Si](C)(C)C(C)(C)C)OCOCc1ccccc1. The van der Waals surface area contributed by atoms with E-state index in [4.69, 9.17) is 18.3 Å². The van der Waals surface area contributed by atoms with Crippen molar-refractivity contribution in [2.75, 3.05) is 20.0 Å². The Morgan fingerprint density at radius 1 is 0.821 bits per heavy atom. The highest BCUT2D eigenvalue weighted by Crippen LogP contribution is 2.38. The number of allylic oxidation sites excluding steroid dienone is 1. The minimum absolute atomic E-state index is 0.130. The van der Waals surface area contributed by atoms with Crippen molar-refractivity contribution in [3.8, 4) is 0 Å². The van der Waals surface area contributed by atoms with Crippen LogP contribution >= 0.6 is 0 Å². The van der Waals surface area contributed by atoms with E-state index in [0.717, 1.165) is 30.6 Å². The fraction of sp³-hybridized carbons (Fsp3) is 0.719. The number of benzene rings is 1. The molecule has 0 aliphatic rings. The lowest BCUT2D eigenvalue weighted by Gasteiger charge is -2.38. The number of ether oxygens (including phenoxy) is 2. The molecule has 1 atom stereocenters. The van der Waals surface area contributed by atoms with E-state index < -0.39 is 22.2 Å². The lowest BCUT2D eigenvalue weighted by molar-refractivity contribution is -0.131. The molecule has 39 heavy (non-hydrogen) atoms. The molecule has 0 N–H and O–H groups in total. The third kappa shape index (κ3) is 12.5. The molecule has 1 unspecified atom stereocenters. The fourth-order valence-corrected chi connectivity index (χ4v) is 5.55. The van der Waals surface area contributed by atoms with E-state index >= 15 is 0 Å². The quantitative estimate of drug-likeness (QED) is 0.0799. The third-order valence-electron chi connectivity index (χ3n) is 8.72. The fourth-order valence-electron chi connectivity index (χ4n) is 3.42. The van der Waals surface area contributed by atoms with E-state index in [2.05, 4.69) is 67.7 Å². The van der Waals surface area contributed by atoms with Crippen LogP contribution in [0.1, 0.15) is 86.6 Å². The van der Waals surface area contributed by atoms with Crippen molar-refractivity contribution in [1.29, 1.82) is 0 Å². The molecule has 7 heteroatoms. The molecule has 0 radical (unpaired) electrons. The average Bonchev–Trinajstić information content (AvgIpc) is 2.80. The van der Waals surface area contributed by atoms with Crippen LogP contribution in [0, 0.1) is 0 Å². The van der Waals surface area contributed by atoms with Gasteiger partial charge in [-0.15, -0.1) is 0 Å². The summed E-state index contributed by atoms with van der Waals surface area (Å²) in [5, 5.41) is 0.338. The van der Waals surface area contributed by atoms with Gasteiger partial charge in [0.05, 0.1) is 12.2 Å². The lowest BCUT2D eigenvalue weighted by Crippen LogP contribution is -2.42. The molecule has 0 saturated carbocycles. The van der Waals surface area contributed by atoms with Gasteiger partial charge in [0.2, 0.25) is 0 Å². The number of rotatable bonds is 17. The van der Waals surface area contributed by atoms with E-state index in [0.29, 0.717) is 26.1 Å². The van der Waals surface area contributed by atoms with Gasteiger partial charge in [-0.2, -0.15) is 0 Å². The van der Waals surface area contributed by atoms with Gasteiger partial charge in [-0.1, -0.05) is 71.9 Å². The van der Waals surface area contributed by atoms with Gasteiger partial charge in [0.1, 0.15) is 6.79 Å². The van der Waals surface area contributed by atoms with Gasteiger partial charge < -0.3 is 18.3 Å². The molecule has 0 fully saturated rings. The van der Waals surface area contributed by atoms with Crippen molar-refractivity contribution in [2.24, 2.45) is 0 Å². The van der Waals surface area contributed by atoms with Crippen molar-refractivity contribution in [2.45, 2.75) is 130 Å². The normalized spacial score (nSPS) is 15.3. The molecule has 0 bridgehead atoms. The van der Waals surface area contributed by atoms with Gasteiger partial charge in [0.15, 0.2) is 22.4 Å². The summed E-state index contributed by atoms with van der Waals surface area (Å²) >= 11 is 0. The van der Waals surface area contributed by atoms with Crippen LogP contribution in [0.3, 0.4) is 0 Å². The Balaban J connectivity index is 2.75. The van der Waals surface area contributed by atoms with Crippen LogP contribution in [-0.4, -0.2) is 48.0 Å². The molecule has 1 aromatic rings. The van der Waals surface area contributed by atoms with E-state index in [1.807, 2.05) is 44.2 Å². The van der Waals surface area contributed by atoms with E-state index in [1.165, 1.54) is 0 Å². The monoisotopic (exact) mass is 578 g/mol. The van der Waals surface area contributed by atoms with Crippen LogP contribution in [0.25, 0.3) is 0 Å². The largest absolute Gasteiger partial charge is 0.417 e. The highest BCUT2D eigenvalue weighted by Gasteiger charge is 2.38. The number of ketones is 1. The number of hydrogen-bond acceptors (Lipinski definition) is 5. The molecule has 0 saturated heterocycles. The highest BCUT2D eigenvalue weighted by molar-refractivity contribution is 6.74. The van der Waals surface area contributed by atoms with Crippen LogP contribution < -0.4 is 0 Å². The van der Waals surface area contributed by atoms with E-state index in [9.17, 15) is 4.79 Å². The molecule has 1 rings (SSSR count). The Morgan fingerprint density at radius 2 is 1.36 bits per heavy atom. The third-order valence-corrected chi connectivity index (χ3v) is 17.8. The Kier molecular flexibility index (Phi) is 14.0. The van der Waals surface area contributed by atoms with Gasteiger partial charge in [0, 0.05) is 26.1 Å². The van der Waals surface area contributed by atoms with E-state index in [1.54, 1.807) is 6.08 Å². The van der Waals surface area contributed by atoms with Crippen molar-refractivity contribution in [3.63, 3.8) is 0 Å². The summed E-state index contributed by atoms with van der Waals surface area (Å²) in [6, 6.07) is 10.1. The number of carbonyl (C=O) groups is 1. The molecule has 5 nitrogen and oxygen atoms in total. The van der Waals surface area contributed by atoms with Gasteiger partial charge in [-0.3, -0.25) is 4.79 Å². The van der Waals surface area contributed by atoms with Crippen LogP contribution in [0.5, 0.6) is 0 Å². The van der Waals surface area contributed by atoms with E-state index in [-0.39, 0.29) is 22.7 Å². The molecule has 224 valence electrons. The molecular weight excluding hydrogens is 521 g/mol. The molecular formula is C32H58O5Si2. The first-order valence-corrected chi connectivity index (χ1v) is 20.4. The first-order chi connectivity index (χ1) is 17.8. The second-order valence-corrected chi connectivity index (χ2v) is 23.7. The van der Waals surface area contributed by atoms with Crippen LogP contribution in [0.4, 0.5) is 0 Å². The number of unbranched alkanes of at least 4 members (excludes halogenated alkanes) is 1. The summed E-state index contributed by atoms with van der Waals surface area (Å²) in [5.41, 5.74) is 1.36. The summed E-state index contributed by atoms with van der Waals surface area (Å²) in [5.74, 6) is 0.130. The first-order valence-electron chi connectivity index (χ1n) is 14.6. The molecule has 0 spiro atoms. The smallest absolute Gasteiger partial charge is 0.191 e. The summed E-state index contributed by atoms with van der Waals surface area (Å²) in [7, 11) is -3.63. The van der Waals surface area contributed by atoms with Crippen LogP contribution in [-0.2, 0) is 29.7 Å². The first kappa shape index (κ1) is 35.9. The summed E-state index contributed by atoms with van der Waals surface area (Å²) in [6.07, 6.45) is 4.65.